The Labute approximate surface area is 190 Å². The van der Waals surface area contributed by atoms with Crippen LogP contribution in [-0.2, 0) is 0 Å². The summed E-state index contributed by atoms with van der Waals surface area (Å²) in [7, 11) is 0. The summed E-state index contributed by atoms with van der Waals surface area (Å²) in [4.78, 5) is 16.1. The Kier molecular flexibility index (Phi) is 3.63. The molecule has 4 aliphatic rings. The smallest absolute Gasteiger partial charge is 0.133 e. The molecule has 2 aliphatic heterocycles. The lowest BCUT2D eigenvalue weighted by Crippen LogP contribution is -2.18. The number of H-pyrrole nitrogens is 2. The first-order valence-corrected chi connectivity index (χ1v) is 12.0. The topological polar surface area (TPSA) is 81.4 Å². The van der Waals surface area contributed by atoms with Gasteiger partial charge in [-0.15, -0.1) is 0 Å². The van der Waals surface area contributed by atoms with Gasteiger partial charge in [0, 0.05) is 17.6 Å². The van der Waals surface area contributed by atoms with E-state index in [-0.39, 0.29) is 11.9 Å². The molecule has 4 fully saturated rings. The van der Waals surface area contributed by atoms with E-state index in [4.69, 9.17) is 4.98 Å². The Morgan fingerprint density at radius 2 is 1.52 bits per heavy atom. The third-order valence-electron chi connectivity index (χ3n) is 8.10. The van der Waals surface area contributed by atoms with Gasteiger partial charge >= 0.3 is 0 Å². The molecule has 6 nitrogen and oxygen atoms in total. The Morgan fingerprint density at radius 3 is 2.24 bits per heavy atom. The van der Waals surface area contributed by atoms with Crippen molar-refractivity contribution in [3.8, 4) is 22.4 Å². The molecule has 2 saturated carbocycles. The molecule has 6 atom stereocenters. The van der Waals surface area contributed by atoms with Gasteiger partial charge in [0.05, 0.1) is 35.0 Å². The number of nitrogens with one attached hydrogen (secondary N) is 4. The van der Waals surface area contributed by atoms with Crippen molar-refractivity contribution in [3.05, 3.63) is 60.1 Å². The fourth-order valence-electron chi connectivity index (χ4n) is 6.00. The number of aromatic nitrogens is 4. The number of hydrogen-bond acceptors (Lipinski definition) is 4. The first kappa shape index (κ1) is 18.4. The summed E-state index contributed by atoms with van der Waals surface area (Å²) < 4.78 is 15.1. The maximum absolute atomic E-state index is 15.1. The minimum absolute atomic E-state index is 0.246. The molecule has 0 amide bonds. The number of aromatic amines is 2. The Hall–Kier alpha value is -3.03. The molecule has 2 aromatic carbocycles. The first-order chi connectivity index (χ1) is 16.2. The van der Waals surface area contributed by atoms with Crippen molar-refractivity contribution in [2.45, 2.75) is 49.9 Å². The van der Waals surface area contributed by atoms with Crippen LogP contribution >= 0.6 is 0 Å². The molecule has 0 spiro atoms. The van der Waals surface area contributed by atoms with Crippen LogP contribution in [0, 0.1) is 17.7 Å². The van der Waals surface area contributed by atoms with Crippen LogP contribution in [0.4, 0.5) is 4.39 Å². The fourth-order valence-corrected chi connectivity index (χ4v) is 6.00. The maximum atomic E-state index is 15.1. The van der Waals surface area contributed by atoms with Gasteiger partial charge in [0.2, 0.25) is 0 Å². The Morgan fingerprint density at radius 1 is 0.788 bits per heavy atom. The molecule has 2 saturated heterocycles. The number of hydrogen-bond donors (Lipinski definition) is 4. The monoisotopic (exact) mass is 440 g/mol. The largest absolute Gasteiger partial charge is 0.341 e. The van der Waals surface area contributed by atoms with E-state index in [0.717, 1.165) is 64.2 Å². The lowest BCUT2D eigenvalue weighted by Gasteiger charge is -2.09. The molecule has 2 aromatic heterocycles. The van der Waals surface area contributed by atoms with Gasteiger partial charge in [0.25, 0.3) is 0 Å². The summed E-state index contributed by atoms with van der Waals surface area (Å²) in [6.07, 6.45) is 6.62. The minimum Gasteiger partial charge on any atom is -0.341 e. The van der Waals surface area contributed by atoms with Crippen LogP contribution in [0.25, 0.3) is 33.4 Å². The van der Waals surface area contributed by atoms with Gasteiger partial charge in [-0.2, -0.15) is 0 Å². The molecule has 4 aromatic rings. The zero-order valence-corrected chi connectivity index (χ0v) is 18.1. The summed E-state index contributed by atoms with van der Waals surface area (Å²) in [5.41, 5.74) is 5.06. The number of imidazole rings is 2. The number of nitrogens with zero attached hydrogens (tertiary/aromatic N) is 2. The van der Waals surface area contributed by atoms with Gasteiger partial charge in [-0.25, -0.2) is 14.4 Å². The summed E-state index contributed by atoms with van der Waals surface area (Å²) >= 11 is 0. The van der Waals surface area contributed by atoms with Crippen molar-refractivity contribution >= 4 is 11.0 Å². The van der Waals surface area contributed by atoms with Crippen molar-refractivity contribution in [2.24, 2.45) is 11.8 Å². The zero-order chi connectivity index (χ0) is 21.7. The van der Waals surface area contributed by atoms with Crippen molar-refractivity contribution in [1.82, 2.24) is 30.6 Å². The van der Waals surface area contributed by atoms with Crippen LogP contribution in [0.1, 0.15) is 49.4 Å². The summed E-state index contributed by atoms with van der Waals surface area (Å²) in [5.74, 6) is 3.30. The van der Waals surface area contributed by atoms with Crippen molar-refractivity contribution < 1.29 is 4.39 Å². The highest BCUT2D eigenvalue weighted by Crippen LogP contribution is 2.46. The molecule has 33 heavy (non-hydrogen) atoms. The predicted molar refractivity (Wildman–Crippen MR) is 124 cm³/mol. The number of fused-ring (bicyclic) bond motifs is 3. The van der Waals surface area contributed by atoms with Gasteiger partial charge in [0.15, 0.2) is 0 Å². The lowest BCUT2D eigenvalue weighted by molar-refractivity contribution is 0.543. The average molecular weight is 441 g/mol. The second-order valence-corrected chi connectivity index (χ2v) is 10.3. The van der Waals surface area contributed by atoms with E-state index < -0.39 is 0 Å². The minimum atomic E-state index is -0.246. The van der Waals surface area contributed by atoms with E-state index >= 15 is 4.39 Å². The highest BCUT2D eigenvalue weighted by atomic mass is 19.1. The van der Waals surface area contributed by atoms with Gasteiger partial charge in [-0.1, -0.05) is 12.1 Å². The number of piperidine rings is 2. The van der Waals surface area contributed by atoms with Gasteiger partial charge in [-0.05, 0) is 72.9 Å². The third-order valence-corrected chi connectivity index (χ3v) is 8.10. The average Bonchev–Trinajstić information content (AvgIpc) is 3.41. The van der Waals surface area contributed by atoms with Crippen LogP contribution in [0.3, 0.4) is 0 Å². The summed E-state index contributed by atoms with van der Waals surface area (Å²) in [6.45, 7) is 0. The van der Waals surface area contributed by atoms with Crippen LogP contribution in [-0.4, -0.2) is 32.0 Å². The van der Waals surface area contributed by atoms with Gasteiger partial charge in [-0.3, -0.25) is 0 Å². The molecule has 4 heterocycles. The summed E-state index contributed by atoms with van der Waals surface area (Å²) in [6, 6.07) is 13.5. The molecule has 8 rings (SSSR count). The van der Waals surface area contributed by atoms with Crippen LogP contribution < -0.4 is 10.6 Å². The molecular formula is C26H25FN6. The van der Waals surface area contributed by atoms with Crippen LogP contribution in [0.2, 0.25) is 0 Å². The molecule has 0 unspecified atom stereocenters. The van der Waals surface area contributed by atoms with Crippen LogP contribution in [0.15, 0.2) is 42.6 Å². The maximum Gasteiger partial charge on any atom is 0.133 e. The number of benzene rings is 2. The van der Waals surface area contributed by atoms with Crippen molar-refractivity contribution in [3.63, 3.8) is 0 Å². The molecule has 2 aliphatic carbocycles. The highest BCUT2D eigenvalue weighted by Gasteiger charge is 2.47. The highest BCUT2D eigenvalue weighted by molar-refractivity contribution is 5.82. The quantitative estimate of drug-likeness (QED) is 0.374. The molecule has 166 valence electrons. The zero-order valence-electron chi connectivity index (χ0n) is 18.1. The van der Waals surface area contributed by atoms with E-state index in [1.54, 1.807) is 12.3 Å². The van der Waals surface area contributed by atoms with E-state index in [2.05, 4.69) is 31.7 Å². The molecular weight excluding hydrogens is 415 g/mol. The second kappa shape index (κ2) is 6.52. The SMILES string of the molecule is Fc1cc(-c2ccc3nc([C@@H]4C[C@H]5C[C@H]5N4)[nH]c3c2)ccc1-c1cnc([C@@H]2C[C@H]3C[C@H]3N2)[nH]1. The Bertz CT molecular complexity index is 1390. The number of halogens is 1. The van der Waals surface area contributed by atoms with E-state index in [1.807, 2.05) is 24.3 Å². The fraction of sp³-hybridized carbons (Fsp3) is 0.385. The second-order valence-electron chi connectivity index (χ2n) is 10.3. The molecule has 0 radical (unpaired) electrons. The number of rotatable bonds is 4. The van der Waals surface area contributed by atoms with Gasteiger partial charge < -0.3 is 20.6 Å². The van der Waals surface area contributed by atoms with Crippen molar-refractivity contribution in [1.29, 1.82) is 0 Å². The van der Waals surface area contributed by atoms with E-state index in [0.29, 0.717) is 23.7 Å². The normalized spacial score (nSPS) is 31.7. The lowest BCUT2D eigenvalue weighted by atomic mass is 10.0. The van der Waals surface area contributed by atoms with Gasteiger partial charge in [0.1, 0.15) is 17.5 Å². The molecule has 4 N–H and O–H groups in total. The van der Waals surface area contributed by atoms with E-state index in [1.165, 1.54) is 12.8 Å². The Balaban J connectivity index is 1.07. The van der Waals surface area contributed by atoms with E-state index in [9.17, 15) is 0 Å². The molecule has 0 bridgehead atoms. The first-order valence-electron chi connectivity index (χ1n) is 12.0. The summed E-state index contributed by atoms with van der Waals surface area (Å²) in [5, 5.41) is 7.24. The standard InChI is InChI=1S/C26H25FN6/c27-17-5-12(1-3-16(17)24-11-28-25(33-24)22-9-14-7-19(14)29-22)13-2-4-18-21(6-13)32-26(31-18)23-10-15-8-20(15)30-23/h1-6,11,14-15,19-20,22-23,29-30H,7-10H2,(H,28,33)(H,31,32)/t14-,15-,19-,20-,22+,23+/m1/s1. The van der Waals surface area contributed by atoms with Crippen molar-refractivity contribution in [2.75, 3.05) is 0 Å². The van der Waals surface area contributed by atoms with Crippen LogP contribution in [0.5, 0.6) is 0 Å². The predicted octanol–water partition coefficient (Wildman–Crippen LogP) is 4.60. The molecule has 7 heteroatoms. The third kappa shape index (κ3) is 2.99.